The number of nitrogen functional groups attached to an aromatic ring is 1. The Balaban J connectivity index is 1.99. The molecule has 2 atom stereocenters. The molecule has 2 rings (SSSR count). The Bertz CT molecular complexity index is 610. The third-order valence-electron chi connectivity index (χ3n) is 3.00. The maximum absolute atomic E-state index is 12.2. The minimum atomic E-state index is -0.294. The normalized spacial score (nSPS) is 13.9. The van der Waals surface area contributed by atoms with Gasteiger partial charge in [-0.3, -0.25) is 4.79 Å². The Kier molecular flexibility index (Phi) is 5.18. The second-order valence-electron chi connectivity index (χ2n) is 4.57. The summed E-state index contributed by atoms with van der Waals surface area (Å²) in [4.78, 5) is 12.2. The van der Waals surface area contributed by atoms with Crippen LogP contribution >= 0.6 is 23.1 Å². The van der Waals surface area contributed by atoms with Gasteiger partial charge in [-0.1, -0.05) is 30.0 Å². The first-order valence-corrected chi connectivity index (χ1v) is 8.30. The summed E-state index contributed by atoms with van der Waals surface area (Å²) in [6.07, 6.45) is 2.63. The van der Waals surface area contributed by atoms with Gasteiger partial charge < -0.3 is 11.1 Å². The van der Waals surface area contributed by atoms with Crippen LogP contribution < -0.4 is 11.1 Å². The van der Waals surface area contributed by atoms with Gasteiger partial charge in [0, 0.05) is 6.07 Å². The van der Waals surface area contributed by atoms with Crippen LogP contribution in [-0.2, 0) is 4.79 Å². The van der Waals surface area contributed by atoms with Gasteiger partial charge in [0.05, 0.1) is 17.5 Å². The molecule has 0 spiro atoms. The fourth-order valence-corrected chi connectivity index (χ4v) is 3.42. The van der Waals surface area contributed by atoms with Crippen LogP contribution in [0, 0.1) is 0 Å². The van der Waals surface area contributed by atoms with Gasteiger partial charge in [-0.25, -0.2) is 4.68 Å². The molecule has 2 aromatic rings. The van der Waals surface area contributed by atoms with E-state index in [0.29, 0.717) is 15.3 Å². The fourth-order valence-electron chi connectivity index (χ4n) is 1.64. The number of nitrogens with one attached hydrogen (secondary N) is 1. The number of carbonyl (C=O) groups excluding carboxylic acids is 1. The number of hydrogen-bond donors (Lipinski definition) is 2. The van der Waals surface area contributed by atoms with Crippen LogP contribution in [-0.4, -0.2) is 31.1 Å². The third-order valence-corrected chi connectivity index (χ3v) is 4.94. The standard InChI is InChI=1S/C12H18N6OS2/c1-4-7(2)18-9(5-6-14-18)15-10(19)8(3)20-12-17-16-11(13)21-12/h5-8H,4H2,1-3H3,(H2,13,16)(H,15,19)/t7-,8+/m1/s1. The Morgan fingerprint density at radius 2 is 2.29 bits per heavy atom. The first-order valence-electron chi connectivity index (χ1n) is 6.61. The summed E-state index contributed by atoms with van der Waals surface area (Å²) < 4.78 is 2.50. The number of nitrogens with zero attached hydrogens (tertiary/aromatic N) is 4. The average Bonchev–Trinajstić information content (AvgIpc) is 3.07. The number of nitrogens with two attached hydrogens (primary N) is 1. The molecule has 7 nitrogen and oxygen atoms in total. The molecule has 0 aliphatic carbocycles. The predicted octanol–water partition coefficient (Wildman–Crippen LogP) is 2.41. The van der Waals surface area contributed by atoms with Crippen LogP contribution in [0.4, 0.5) is 10.9 Å². The summed E-state index contributed by atoms with van der Waals surface area (Å²) in [5, 5.41) is 14.9. The van der Waals surface area contributed by atoms with Crippen LogP contribution in [0.2, 0.25) is 0 Å². The molecule has 0 aliphatic rings. The van der Waals surface area contributed by atoms with Gasteiger partial charge in [-0.05, 0) is 20.3 Å². The maximum Gasteiger partial charge on any atom is 0.238 e. The van der Waals surface area contributed by atoms with Gasteiger partial charge in [0.15, 0.2) is 4.34 Å². The number of thioether (sulfide) groups is 1. The van der Waals surface area contributed by atoms with E-state index in [4.69, 9.17) is 5.73 Å². The zero-order valence-corrected chi connectivity index (χ0v) is 13.7. The van der Waals surface area contributed by atoms with Gasteiger partial charge in [0.25, 0.3) is 0 Å². The van der Waals surface area contributed by atoms with Crippen molar-refractivity contribution in [2.75, 3.05) is 11.1 Å². The predicted molar refractivity (Wildman–Crippen MR) is 85.5 cm³/mol. The van der Waals surface area contributed by atoms with Crippen LogP contribution in [0.3, 0.4) is 0 Å². The van der Waals surface area contributed by atoms with Crippen molar-refractivity contribution >= 4 is 40.0 Å². The van der Waals surface area contributed by atoms with Gasteiger partial charge in [-0.2, -0.15) is 5.10 Å². The van der Waals surface area contributed by atoms with E-state index in [2.05, 4.69) is 34.5 Å². The molecule has 0 bridgehead atoms. The van der Waals surface area contributed by atoms with E-state index in [1.54, 1.807) is 12.3 Å². The first kappa shape index (κ1) is 15.8. The summed E-state index contributed by atoms with van der Waals surface area (Å²) in [6, 6.07) is 2.03. The minimum Gasteiger partial charge on any atom is -0.374 e. The van der Waals surface area contributed by atoms with E-state index in [-0.39, 0.29) is 17.2 Å². The van der Waals surface area contributed by atoms with Crippen molar-refractivity contribution in [2.45, 2.75) is 42.8 Å². The largest absolute Gasteiger partial charge is 0.374 e. The van der Waals surface area contributed by atoms with E-state index in [0.717, 1.165) is 6.42 Å². The molecule has 9 heteroatoms. The molecule has 1 amide bonds. The molecule has 0 fully saturated rings. The number of amides is 1. The number of anilines is 2. The van der Waals surface area contributed by atoms with Crippen LogP contribution in [0.1, 0.15) is 33.2 Å². The molecule has 0 aliphatic heterocycles. The van der Waals surface area contributed by atoms with Crippen molar-refractivity contribution in [1.29, 1.82) is 0 Å². The monoisotopic (exact) mass is 326 g/mol. The summed E-state index contributed by atoms with van der Waals surface area (Å²) in [5.41, 5.74) is 5.53. The molecule has 3 N–H and O–H groups in total. The molecule has 2 aromatic heterocycles. The molecule has 0 saturated heterocycles. The van der Waals surface area contributed by atoms with Crippen molar-refractivity contribution < 1.29 is 4.79 Å². The van der Waals surface area contributed by atoms with Crippen LogP contribution in [0.25, 0.3) is 0 Å². The highest BCUT2D eigenvalue weighted by Crippen LogP contribution is 2.28. The number of carbonyl (C=O) groups is 1. The van der Waals surface area contributed by atoms with Crippen molar-refractivity contribution in [3.8, 4) is 0 Å². The molecular formula is C12H18N6OS2. The van der Waals surface area contributed by atoms with Crippen molar-refractivity contribution in [3.63, 3.8) is 0 Å². The fraction of sp³-hybridized carbons (Fsp3) is 0.500. The molecule has 2 heterocycles. The summed E-state index contributed by atoms with van der Waals surface area (Å²) in [5.74, 6) is 0.609. The lowest BCUT2D eigenvalue weighted by atomic mass is 10.3. The molecule has 21 heavy (non-hydrogen) atoms. The van der Waals surface area contributed by atoms with E-state index in [9.17, 15) is 4.79 Å². The average molecular weight is 326 g/mol. The van der Waals surface area contributed by atoms with Crippen molar-refractivity contribution in [1.82, 2.24) is 20.0 Å². The van der Waals surface area contributed by atoms with E-state index in [1.807, 2.05) is 11.6 Å². The maximum atomic E-state index is 12.2. The molecule has 0 unspecified atom stereocenters. The second kappa shape index (κ2) is 6.90. The lowest BCUT2D eigenvalue weighted by Crippen LogP contribution is -2.24. The quantitative estimate of drug-likeness (QED) is 0.791. The van der Waals surface area contributed by atoms with Gasteiger partial charge in [0.2, 0.25) is 11.0 Å². The molecule has 0 radical (unpaired) electrons. The highest BCUT2D eigenvalue weighted by molar-refractivity contribution is 8.02. The van der Waals surface area contributed by atoms with E-state index in [1.165, 1.54) is 23.1 Å². The summed E-state index contributed by atoms with van der Waals surface area (Å²) in [7, 11) is 0. The molecule has 114 valence electrons. The summed E-state index contributed by atoms with van der Waals surface area (Å²) >= 11 is 2.61. The van der Waals surface area contributed by atoms with Crippen molar-refractivity contribution in [2.24, 2.45) is 0 Å². The topological polar surface area (TPSA) is 98.7 Å². The number of rotatable bonds is 6. The SMILES string of the molecule is CC[C@@H](C)n1nccc1NC(=O)[C@H](C)Sc1nnc(N)s1. The Labute approximate surface area is 131 Å². The molecular weight excluding hydrogens is 308 g/mol. The number of aromatic nitrogens is 4. The minimum absolute atomic E-state index is 0.0983. The smallest absolute Gasteiger partial charge is 0.238 e. The number of hydrogen-bond acceptors (Lipinski definition) is 7. The highest BCUT2D eigenvalue weighted by atomic mass is 32.2. The zero-order chi connectivity index (χ0) is 15.4. The van der Waals surface area contributed by atoms with Crippen LogP contribution in [0.5, 0.6) is 0 Å². The molecule has 0 aromatic carbocycles. The lowest BCUT2D eigenvalue weighted by Gasteiger charge is -2.15. The Morgan fingerprint density at radius 1 is 1.52 bits per heavy atom. The summed E-state index contributed by atoms with van der Waals surface area (Å²) in [6.45, 7) is 5.96. The lowest BCUT2D eigenvalue weighted by molar-refractivity contribution is -0.115. The van der Waals surface area contributed by atoms with Crippen LogP contribution in [0.15, 0.2) is 16.6 Å². The van der Waals surface area contributed by atoms with Gasteiger partial charge >= 0.3 is 0 Å². The first-order chi connectivity index (χ1) is 10.0. The van der Waals surface area contributed by atoms with E-state index >= 15 is 0 Å². The van der Waals surface area contributed by atoms with Crippen molar-refractivity contribution in [3.05, 3.63) is 12.3 Å². The zero-order valence-electron chi connectivity index (χ0n) is 12.1. The third kappa shape index (κ3) is 3.94. The van der Waals surface area contributed by atoms with Gasteiger partial charge in [0.1, 0.15) is 5.82 Å². The highest BCUT2D eigenvalue weighted by Gasteiger charge is 2.19. The Morgan fingerprint density at radius 3 is 2.90 bits per heavy atom. The Hall–Kier alpha value is -1.61. The van der Waals surface area contributed by atoms with Gasteiger partial charge in [-0.15, -0.1) is 10.2 Å². The second-order valence-corrected chi connectivity index (χ2v) is 7.17. The van der Waals surface area contributed by atoms with E-state index < -0.39 is 0 Å². The molecule has 0 saturated carbocycles.